The largest absolute Gasteiger partial charge is 0.352 e. The molecule has 0 radical (unpaired) electrons. The zero-order valence-corrected chi connectivity index (χ0v) is 14.8. The van der Waals surface area contributed by atoms with Crippen molar-refractivity contribution in [2.24, 2.45) is 5.92 Å². The summed E-state index contributed by atoms with van der Waals surface area (Å²) in [6, 6.07) is 1.77. The molecule has 1 unspecified atom stereocenters. The molecule has 134 valence electrons. The van der Waals surface area contributed by atoms with E-state index in [0.29, 0.717) is 12.8 Å². The molecule has 0 aliphatic heterocycles. The first kappa shape index (κ1) is 18.9. The molecule has 7 heteroatoms. The molecule has 1 amide bonds. The van der Waals surface area contributed by atoms with Crippen molar-refractivity contribution in [3.8, 4) is 6.07 Å². The van der Waals surface area contributed by atoms with Gasteiger partial charge in [0, 0.05) is 12.5 Å². The molecule has 2 fully saturated rings. The van der Waals surface area contributed by atoms with Crippen LogP contribution in [0.4, 0.5) is 0 Å². The van der Waals surface area contributed by atoms with E-state index in [-0.39, 0.29) is 23.5 Å². The van der Waals surface area contributed by atoms with Crippen LogP contribution in [0.5, 0.6) is 0 Å². The molecule has 2 aliphatic carbocycles. The number of Topliss-reactive ketones (excluding diaryl/α,β-unsaturated/α-hetero) is 1. The van der Waals surface area contributed by atoms with Crippen molar-refractivity contribution in [1.29, 1.82) is 5.26 Å². The number of carbonyl (C=O) groups is 2. The molecule has 24 heavy (non-hydrogen) atoms. The lowest BCUT2D eigenvalue weighted by Crippen LogP contribution is -2.42. The molecule has 2 rings (SSSR count). The van der Waals surface area contributed by atoms with Gasteiger partial charge in [0.2, 0.25) is 5.91 Å². The van der Waals surface area contributed by atoms with Gasteiger partial charge in [-0.2, -0.15) is 5.26 Å². The minimum atomic E-state index is -3.31. The number of nitriles is 1. The Bertz CT molecular complexity index is 597. The highest BCUT2D eigenvalue weighted by molar-refractivity contribution is 7.92. The van der Waals surface area contributed by atoms with Crippen molar-refractivity contribution in [2.75, 3.05) is 5.75 Å². The Hall–Kier alpha value is -1.42. The van der Waals surface area contributed by atoms with Gasteiger partial charge in [-0.1, -0.05) is 32.1 Å². The molecule has 2 aliphatic rings. The van der Waals surface area contributed by atoms with Gasteiger partial charge in [-0.15, -0.1) is 0 Å². The average Bonchev–Trinajstić information content (AvgIpc) is 3.10. The molecule has 0 heterocycles. The van der Waals surface area contributed by atoms with Gasteiger partial charge in [-0.3, -0.25) is 9.59 Å². The number of sulfone groups is 1. The predicted molar refractivity (Wildman–Crippen MR) is 89.8 cm³/mol. The Kier molecular flexibility index (Phi) is 6.79. The highest BCUT2D eigenvalue weighted by Gasteiger charge is 2.32. The van der Waals surface area contributed by atoms with Crippen molar-refractivity contribution >= 4 is 21.5 Å². The van der Waals surface area contributed by atoms with Gasteiger partial charge in [0.15, 0.2) is 21.5 Å². The Labute approximate surface area is 143 Å². The lowest BCUT2D eigenvalue weighted by molar-refractivity contribution is -0.132. The molecule has 2 saturated carbocycles. The van der Waals surface area contributed by atoms with Crippen LogP contribution >= 0.6 is 0 Å². The Balaban J connectivity index is 1.86. The summed E-state index contributed by atoms with van der Waals surface area (Å²) in [4.78, 5) is 24.3. The number of ketones is 1. The smallest absolute Gasteiger partial charge is 0.245 e. The van der Waals surface area contributed by atoms with Crippen LogP contribution in [0.1, 0.15) is 64.2 Å². The van der Waals surface area contributed by atoms with Crippen LogP contribution in [0.2, 0.25) is 0 Å². The normalized spacial score (nSPS) is 21.1. The lowest BCUT2D eigenvalue weighted by atomic mass is 9.94. The van der Waals surface area contributed by atoms with Crippen LogP contribution in [-0.4, -0.2) is 37.2 Å². The van der Waals surface area contributed by atoms with E-state index in [9.17, 15) is 18.0 Å². The van der Waals surface area contributed by atoms with Crippen molar-refractivity contribution in [2.45, 2.75) is 75.5 Å². The molecule has 0 aromatic heterocycles. The molecule has 1 atom stereocenters. The second kappa shape index (κ2) is 8.61. The second-order valence-corrected chi connectivity index (χ2v) is 9.30. The molecule has 1 N–H and O–H groups in total. The number of nitrogens with zero attached hydrogens (tertiary/aromatic N) is 1. The molecule has 0 saturated heterocycles. The third kappa shape index (κ3) is 5.04. The van der Waals surface area contributed by atoms with E-state index in [1.54, 1.807) is 6.07 Å². The van der Waals surface area contributed by atoms with Gasteiger partial charge < -0.3 is 5.32 Å². The first-order valence-corrected chi connectivity index (χ1v) is 10.6. The van der Waals surface area contributed by atoms with Crippen LogP contribution in [0.3, 0.4) is 0 Å². The molecular formula is C17H26N2O4S. The summed E-state index contributed by atoms with van der Waals surface area (Å²) in [6.45, 7) is 0. The summed E-state index contributed by atoms with van der Waals surface area (Å²) in [7, 11) is -3.31. The van der Waals surface area contributed by atoms with E-state index in [4.69, 9.17) is 5.26 Å². The van der Waals surface area contributed by atoms with Gasteiger partial charge in [-0.05, 0) is 25.7 Å². The molecule has 0 aromatic carbocycles. The maximum atomic E-state index is 12.2. The minimum absolute atomic E-state index is 0.0251. The summed E-state index contributed by atoms with van der Waals surface area (Å²) in [5.41, 5.74) is 0. The third-order valence-corrected chi connectivity index (χ3v) is 7.37. The van der Waals surface area contributed by atoms with Crippen LogP contribution in [0.25, 0.3) is 0 Å². The van der Waals surface area contributed by atoms with Crippen molar-refractivity contribution < 1.29 is 18.0 Å². The third-order valence-electron chi connectivity index (χ3n) is 5.11. The summed E-state index contributed by atoms with van der Waals surface area (Å²) in [5.74, 6) is -2.82. The van der Waals surface area contributed by atoms with E-state index in [1.807, 2.05) is 0 Å². The van der Waals surface area contributed by atoms with E-state index >= 15 is 0 Å². The molecule has 0 aromatic rings. The fraction of sp³-hybridized carbons (Fsp3) is 0.824. The van der Waals surface area contributed by atoms with Crippen LogP contribution < -0.4 is 5.32 Å². The van der Waals surface area contributed by atoms with E-state index in [0.717, 1.165) is 44.9 Å². The van der Waals surface area contributed by atoms with E-state index < -0.39 is 27.4 Å². The standard InChI is InChI=1S/C17H26N2O4S/c18-12-15(17(21)19-13-6-2-1-3-7-13)16(20)10-11-24(22,23)14-8-4-5-9-14/h13-15H,1-11H2,(H,19,21). The quantitative estimate of drug-likeness (QED) is 0.703. The molecular weight excluding hydrogens is 328 g/mol. The number of carbonyl (C=O) groups excluding carboxylic acids is 2. The van der Waals surface area contributed by atoms with Gasteiger partial charge in [0.25, 0.3) is 0 Å². The van der Waals surface area contributed by atoms with Crippen LogP contribution in [0.15, 0.2) is 0 Å². The number of nitrogens with one attached hydrogen (secondary N) is 1. The minimum Gasteiger partial charge on any atom is -0.352 e. The zero-order valence-electron chi connectivity index (χ0n) is 14.0. The highest BCUT2D eigenvalue weighted by atomic mass is 32.2. The van der Waals surface area contributed by atoms with Crippen LogP contribution in [0, 0.1) is 17.2 Å². The number of rotatable bonds is 7. The predicted octanol–water partition coefficient (Wildman–Crippen LogP) is 1.89. The second-order valence-electron chi connectivity index (χ2n) is 6.90. The molecule has 0 bridgehead atoms. The van der Waals surface area contributed by atoms with Gasteiger partial charge >= 0.3 is 0 Å². The maximum absolute atomic E-state index is 12.2. The van der Waals surface area contributed by atoms with Crippen molar-refractivity contribution in [1.82, 2.24) is 5.32 Å². The van der Waals surface area contributed by atoms with E-state index in [2.05, 4.69) is 5.32 Å². The van der Waals surface area contributed by atoms with E-state index in [1.165, 1.54) is 0 Å². The van der Waals surface area contributed by atoms with Crippen molar-refractivity contribution in [3.63, 3.8) is 0 Å². The zero-order chi connectivity index (χ0) is 17.6. The van der Waals surface area contributed by atoms with Gasteiger partial charge in [0.05, 0.1) is 17.1 Å². The highest BCUT2D eigenvalue weighted by Crippen LogP contribution is 2.25. The molecule has 6 nitrogen and oxygen atoms in total. The summed E-state index contributed by atoms with van der Waals surface area (Å²) in [5, 5.41) is 11.6. The first-order valence-electron chi connectivity index (χ1n) is 8.88. The Morgan fingerprint density at radius 2 is 1.62 bits per heavy atom. The Morgan fingerprint density at radius 1 is 1.04 bits per heavy atom. The SMILES string of the molecule is N#CC(C(=O)CCS(=O)(=O)C1CCCC1)C(=O)NC1CCCCC1. The maximum Gasteiger partial charge on any atom is 0.245 e. The average molecular weight is 354 g/mol. The van der Waals surface area contributed by atoms with Gasteiger partial charge in [-0.25, -0.2) is 8.42 Å². The fourth-order valence-electron chi connectivity index (χ4n) is 3.61. The van der Waals surface area contributed by atoms with Crippen LogP contribution in [-0.2, 0) is 19.4 Å². The fourth-order valence-corrected chi connectivity index (χ4v) is 5.48. The summed E-state index contributed by atoms with van der Waals surface area (Å²) >= 11 is 0. The first-order chi connectivity index (χ1) is 11.4. The molecule has 0 spiro atoms. The summed E-state index contributed by atoms with van der Waals surface area (Å²) < 4.78 is 24.4. The number of hydrogen-bond acceptors (Lipinski definition) is 5. The number of hydrogen-bond donors (Lipinski definition) is 1. The van der Waals surface area contributed by atoms with Crippen molar-refractivity contribution in [3.05, 3.63) is 0 Å². The lowest BCUT2D eigenvalue weighted by Gasteiger charge is -2.23. The monoisotopic (exact) mass is 354 g/mol. The van der Waals surface area contributed by atoms with Gasteiger partial charge in [0.1, 0.15) is 0 Å². The Morgan fingerprint density at radius 3 is 2.21 bits per heavy atom. The summed E-state index contributed by atoms with van der Waals surface area (Å²) in [6.07, 6.45) is 7.82. The topological polar surface area (TPSA) is 104 Å². The number of amides is 1.